The first kappa shape index (κ1) is 72.7. The quantitative estimate of drug-likeness (QED) is 0.0228. The van der Waals surface area contributed by atoms with Gasteiger partial charge in [-0.2, -0.15) is 0 Å². The van der Waals surface area contributed by atoms with E-state index < -0.39 is 67.3 Å². The van der Waals surface area contributed by atoms with Crippen LogP contribution in [0.15, 0.2) is 97.2 Å². The summed E-state index contributed by atoms with van der Waals surface area (Å²) in [6.45, 7) is 5.80. The monoisotopic (exact) mass is 1110 g/mol. The van der Waals surface area contributed by atoms with Crippen LogP contribution in [0.1, 0.15) is 252 Å². The molecule has 0 bridgehead atoms. The molecule has 0 aromatic heterocycles. The Morgan fingerprint density at radius 1 is 0.430 bits per heavy atom. The van der Waals surface area contributed by atoms with Crippen molar-refractivity contribution in [3.8, 4) is 0 Å². The molecule has 1 heterocycles. The van der Waals surface area contributed by atoms with Gasteiger partial charge in [-0.25, -0.2) is 4.79 Å². The summed E-state index contributed by atoms with van der Waals surface area (Å²) < 4.78 is 28.4. The summed E-state index contributed by atoms with van der Waals surface area (Å²) >= 11 is 0. The number of carbonyl (C=O) groups excluding carboxylic acids is 3. The molecule has 12 heteroatoms. The van der Waals surface area contributed by atoms with Crippen molar-refractivity contribution in [3.63, 3.8) is 0 Å². The average Bonchev–Trinajstić information content (AvgIpc) is 3.43. The molecule has 1 aliphatic rings. The van der Waals surface area contributed by atoms with Crippen LogP contribution in [0.25, 0.3) is 0 Å². The van der Waals surface area contributed by atoms with Crippen LogP contribution in [-0.4, -0.2) is 89.2 Å². The number of carboxylic acid groups (broad SMARTS) is 1. The number of aliphatic carboxylic acids is 1. The minimum absolute atomic E-state index is 0.0376. The standard InChI is InChI=1S/C67H110O12/c1-4-7-10-13-16-19-22-25-27-29-30-32-34-37-40-43-46-49-52-55-61(70)78-65-63(72)62(71)64(66(73)74)79-67(65)76-57-58(77-60(69)54-51-48-45-42-39-35-24-21-18-15-12-9-6-3)56-75-59(68)53-50-47-44-41-38-36-33-31-28-26-23-20-17-14-11-8-5-2/h9,12,16-21,25-28,30,32,35,39,58,62-65,67,71-72H,4-8,10-11,13-15,22-24,29,31,33-34,36-38,40-57H2,1-3H3,(H,73,74)/b12-9-,19-16-,20-17-,21-18-,27-25-,28-26-,32-30-,39-35-. The van der Waals surface area contributed by atoms with Gasteiger partial charge in [0.2, 0.25) is 0 Å². The van der Waals surface area contributed by atoms with Gasteiger partial charge in [0.05, 0.1) is 6.61 Å². The van der Waals surface area contributed by atoms with E-state index in [9.17, 15) is 34.5 Å². The van der Waals surface area contributed by atoms with Crippen molar-refractivity contribution >= 4 is 23.9 Å². The van der Waals surface area contributed by atoms with Crippen molar-refractivity contribution in [1.82, 2.24) is 0 Å². The molecule has 1 rings (SSSR count). The molecule has 0 radical (unpaired) electrons. The van der Waals surface area contributed by atoms with Crippen LogP contribution in [0.3, 0.4) is 0 Å². The fourth-order valence-corrected chi connectivity index (χ4v) is 8.83. The molecule has 450 valence electrons. The van der Waals surface area contributed by atoms with E-state index in [2.05, 4.69) is 118 Å². The summed E-state index contributed by atoms with van der Waals surface area (Å²) in [7, 11) is 0. The van der Waals surface area contributed by atoms with Crippen molar-refractivity contribution in [2.75, 3.05) is 13.2 Å². The predicted molar refractivity (Wildman–Crippen MR) is 321 cm³/mol. The van der Waals surface area contributed by atoms with Crippen LogP contribution >= 0.6 is 0 Å². The molecule has 0 amide bonds. The summed E-state index contributed by atoms with van der Waals surface area (Å²) in [5.74, 6) is -3.19. The SMILES string of the molecule is CC/C=C\C/C=C\C/C=C\CCCCCC(=O)OC(COC(=O)CCCCCCCCC/C=C\C/C=C\CCCCC)COC1OC(C(=O)O)C(O)C(O)C1OC(=O)CCCCCCCC/C=C\C/C=C\C/C=C\CCCCC. The number of rotatable bonds is 52. The smallest absolute Gasteiger partial charge is 0.335 e. The van der Waals surface area contributed by atoms with E-state index in [4.69, 9.17) is 23.7 Å². The van der Waals surface area contributed by atoms with Gasteiger partial charge in [-0.1, -0.05) is 208 Å². The molecule has 0 saturated carbocycles. The van der Waals surface area contributed by atoms with Gasteiger partial charge in [0.25, 0.3) is 0 Å². The molecule has 0 aromatic carbocycles. The number of hydrogen-bond donors (Lipinski definition) is 3. The van der Waals surface area contributed by atoms with Crippen molar-refractivity contribution in [3.05, 3.63) is 97.2 Å². The third kappa shape index (κ3) is 44.0. The molecule has 0 aromatic rings. The third-order valence-corrected chi connectivity index (χ3v) is 13.6. The molecule has 1 fully saturated rings. The Balaban J connectivity index is 2.69. The van der Waals surface area contributed by atoms with Crippen LogP contribution in [-0.2, 0) is 42.9 Å². The summed E-state index contributed by atoms with van der Waals surface area (Å²) in [5.41, 5.74) is 0. The number of aliphatic hydroxyl groups is 2. The number of ether oxygens (including phenoxy) is 5. The van der Waals surface area contributed by atoms with Crippen LogP contribution in [0.2, 0.25) is 0 Å². The van der Waals surface area contributed by atoms with Crippen LogP contribution in [0, 0.1) is 0 Å². The van der Waals surface area contributed by atoms with Crippen molar-refractivity contribution in [1.29, 1.82) is 0 Å². The van der Waals surface area contributed by atoms with Gasteiger partial charge < -0.3 is 39.0 Å². The van der Waals surface area contributed by atoms with Gasteiger partial charge in [-0.15, -0.1) is 0 Å². The Morgan fingerprint density at radius 3 is 1.23 bits per heavy atom. The second-order valence-corrected chi connectivity index (χ2v) is 20.9. The van der Waals surface area contributed by atoms with Gasteiger partial charge in [0.1, 0.15) is 18.8 Å². The number of aliphatic hydroxyl groups excluding tert-OH is 2. The summed E-state index contributed by atoms with van der Waals surface area (Å²) in [6.07, 6.45) is 59.4. The fourth-order valence-electron chi connectivity index (χ4n) is 8.83. The Bertz CT molecular complexity index is 1740. The van der Waals surface area contributed by atoms with Gasteiger partial charge in [0.15, 0.2) is 24.6 Å². The zero-order valence-corrected chi connectivity index (χ0v) is 49.6. The van der Waals surface area contributed by atoms with Crippen LogP contribution in [0.5, 0.6) is 0 Å². The van der Waals surface area contributed by atoms with Crippen LogP contribution in [0.4, 0.5) is 0 Å². The maximum atomic E-state index is 13.1. The van der Waals surface area contributed by atoms with E-state index in [-0.39, 0.29) is 25.9 Å². The average molecular weight is 1110 g/mol. The largest absolute Gasteiger partial charge is 0.479 e. The molecule has 6 unspecified atom stereocenters. The molecule has 1 aliphatic heterocycles. The maximum Gasteiger partial charge on any atom is 0.335 e. The second kappa shape index (κ2) is 54.2. The van der Waals surface area contributed by atoms with Crippen LogP contribution < -0.4 is 0 Å². The summed E-state index contributed by atoms with van der Waals surface area (Å²) in [4.78, 5) is 51.2. The highest BCUT2D eigenvalue weighted by atomic mass is 16.7. The van der Waals surface area contributed by atoms with E-state index in [0.717, 1.165) is 135 Å². The highest BCUT2D eigenvalue weighted by Gasteiger charge is 2.50. The molecular weight excluding hydrogens is 997 g/mol. The highest BCUT2D eigenvalue weighted by molar-refractivity contribution is 5.74. The zero-order valence-electron chi connectivity index (χ0n) is 49.6. The lowest BCUT2D eigenvalue weighted by Gasteiger charge is -2.40. The Kier molecular flexibility index (Phi) is 49.9. The predicted octanol–water partition coefficient (Wildman–Crippen LogP) is 16.5. The van der Waals surface area contributed by atoms with Gasteiger partial charge in [0, 0.05) is 19.3 Å². The van der Waals surface area contributed by atoms with Gasteiger partial charge in [-0.3, -0.25) is 14.4 Å². The lowest BCUT2D eigenvalue weighted by atomic mass is 9.98. The highest BCUT2D eigenvalue weighted by Crippen LogP contribution is 2.26. The number of esters is 3. The van der Waals surface area contributed by atoms with Crippen molar-refractivity contribution in [2.24, 2.45) is 0 Å². The van der Waals surface area contributed by atoms with Gasteiger partial charge in [-0.05, 0) is 122 Å². The zero-order chi connectivity index (χ0) is 57.5. The Morgan fingerprint density at radius 2 is 0.797 bits per heavy atom. The Labute approximate surface area is 479 Å². The van der Waals surface area contributed by atoms with E-state index in [1.165, 1.54) is 57.8 Å². The van der Waals surface area contributed by atoms with Crippen molar-refractivity contribution in [2.45, 2.75) is 289 Å². The third-order valence-electron chi connectivity index (χ3n) is 13.6. The first-order valence-electron chi connectivity index (χ1n) is 31.2. The molecule has 79 heavy (non-hydrogen) atoms. The first-order valence-corrected chi connectivity index (χ1v) is 31.2. The summed E-state index contributed by atoms with van der Waals surface area (Å²) in [6, 6.07) is 0. The molecular formula is C67H110O12. The fraction of sp³-hybridized carbons (Fsp3) is 0.701. The second-order valence-electron chi connectivity index (χ2n) is 20.9. The normalized spacial score (nSPS) is 18.5. The van der Waals surface area contributed by atoms with Crippen molar-refractivity contribution < 1.29 is 58.2 Å². The minimum atomic E-state index is -1.92. The minimum Gasteiger partial charge on any atom is -0.479 e. The number of hydrogen-bond acceptors (Lipinski definition) is 11. The van der Waals surface area contributed by atoms with E-state index >= 15 is 0 Å². The lowest BCUT2D eigenvalue weighted by Crippen LogP contribution is -2.61. The first-order chi connectivity index (χ1) is 38.6. The molecule has 12 nitrogen and oxygen atoms in total. The number of unbranched alkanes of at least 4 members (excludes halogenated alkanes) is 22. The molecule has 6 atom stereocenters. The van der Waals surface area contributed by atoms with Gasteiger partial charge >= 0.3 is 23.9 Å². The number of carbonyl (C=O) groups is 4. The summed E-state index contributed by atoms with van der Waals surface area (Å²) in [5, 5.41) is 31.5. The molecule has 0 spiro atoms. The molecule has 1 saturated heterocycles. The number of carboxylic acids is 1. The molecule has 3 N–H and O–H groups in total. The van der Waals surface area contributed by atoms with E-state index in [0.29, 0.717) is 19.3 Å². The van der Waals surface area contributed by atoms with E-state index in [1.54, 1.807) is 0 Å². The van der Waals surface area contributed by atoms with E-state index in [1.807, 2.05) is 0 Å². The Hall–Kier alpha value is -4.36. The molecule has 0 aliphatic carbocycles. The number of allylic oxidation sites excluding steroid dienone is 16. The topological polar surface area (TPSA) is 175 Å². The lowest BCUT2D eigenvalue weighted by molar-refractivity contribution is -0.301. The maximum absolute atomic E-state index is 13.1.